The first-order chi connectivity index (χ1) is 15.6. The number of piperidine rings is 1. The molecular formula is C22H18F3N3O4S. The highest BCUT2D eigenvalue weighted by Crippen LogP contribution is 2.36. The van der Waals surface area contributed by atoms with E-state index in [2.05, 4.69) is 10.6 Å². The molecule has 2 aromatic rings. The standard InChI is InChI=1S/C22H18F3N3O4S/c23-22(24,25)33-15-4-2-13(3-5-15)19(30)26-10-12-1-6-16-14(9-12)11-28(21(16)32)17-7-8-18(29)27-20(17)31/h1-6,9,17H,7-8,10-11H2,(H,26,30)(H,27,29,31). The van der Waals surface area contributed by atoms with Gasteiger partial charge in [0.1, 0.15) is 6.04 Å². The van der Waals surface area contributed by atoms with Gasteiger partial charge in [-0.1, -0.05) is 12.1 Å². The number of hydrogen-bond donors (Lipinski definition) is 2. The fraction of sp³-hybridized carbons (Fsp3) is 0.273. The van der Waals surface area contributed by atoms with E-state index in [4.69, 9.17) is 0 Å². The molecule has 1 fully saturated rings. The first-order valence-corrected chi connectivity index (χ1v) is 10.8. The summed E-state index contributed by atoms with van der Waals surface area (Å²) >= 11 is -0.251. The van der Waals surface area contributed by atoms with Crippen molar-refractivity contribution in [3.8, 4) is 0 Å². The summed E-state index contributed by atoms with van der Waals surface area (Å²) in [6, 6.07) is 9.50. The fourth-order valence-electron chi connectivity index (χ4n) is 3.83. The minimum absolute atomic E-state index is 0.0112. The Kier molecular flexibility index (Phi) is 6.15. The van der Waals surface area contributed by atoms with Crippen LogP contribution < -0.4 is 10.6 Å². The summed E-state index contributed by atoms with van der Waals surface area (Å²) in [6.07, 6.45) is 0.442. The van der Waals surface area contributed by atoms with Crippen LogP contribution in [0, 0.1) is 0 Å². The Morgan fingerprint density at radius 1 is 1.12 bits per heavy atom. The van der Waals surface area contributed by atoms with Crippen LogP contribution in [0.5, 0.6) is 0 Å². The molecule has 4 amide bonds. The summed E-state index contributed by atoms with van der Waals surface area (Å²) in [5.74, 6) is -1.57. The van der Waals surface area contributed by atoms with Crippen molar-refractivity contribution in [3.63, 3.8) is 0 Å². The summed E-state index contributed by atoms with van der Waals surface area (Å²) in [5.41, 5.74) is -2.27. The Labute approximate surface area is 190 Å². The summed E-state index contributed by atoms with van der Waals surface area (Å²) < 4.78 is 37.3. The van der Waals surface area contributed by atoms with Gasteiger partial charge in [0, 0.05) is 35.5 Å². The van der Waals surface area contributed by atoms with Crippen LogP contribution in [0.4, 0.5) is 13.2 Å². The van der Waals surface area contributed by atoms with Gasteiger partial charge < -0.3 is 10.2 Å². The van der Waals surface area contributed by atoms with Crippen molar-refractivity contribution in [2.24, 2.45) is 0 Å². The number of carbonyl (C=O) groups excluding carboxylic acids is 4. The van der Waals surface area contributed by atoms with Gasteiger partial charge in [-0.2, -0.15) is 13.2 Å². The largest absolute Gasteiger partial charge is 0.446 e. The molecule has 1 unspecified atom stereocenters. The molecule has 0 saturated carbocycles. The second-order valence-corrected chi connectivity index (χ2v) is 8.78. The molecule has 2 heterocycles. The van der Waals surface area contributed by atoms with E-state index in [9.17, 15) is 32.3 Å². The predicted molar refractivity (Wildman–Crippen MR) is 112 cm³/mol. The SMILES string of the molecule is O=C1CCC(N2Cc3cc(CNC(=O)c4ccc(SC(F)(F)F)cc4)ccc3C2=O)C(=O)N1. The van der Waals surface area contributed by atoms with Crippen molar-refractivity contribution in [2.75, 3.05) is 0 Å². The van der Waals surface area contributed by atoms with Crippen LogP contribution in [0.1, 0.15) is 44.7 Å². The average molecular weight is 477 g/mol. The molecule has 0 spiro atoms. The first kappa shape index (κ1) is 22.8. The molecule has 2 N–H and O–H groups in total. The quantitative estimate of drug-likeness (QED) is 0.510. The Bertz CT molecular complexity index is 1130. The average Bonchev–Trinajstić information content (AvgIpc) is 3.07. The van der Waals surface area contributed by atoms with E-state index in [1.54, 1.807) is 18.2 Å². The van der Waals surface area contributed by atoms with Crippen molar-refractivity contribution in [2.45, 2.75) is 42.4 Å². The molecule has 0 aliphatic carbocycles. The number of nitrogens with one attached hydrogen (secondary N) is 2. The van der Waals surface area contributed by atoms with E-state index >= 15 is 0 Å². The zero-order valence-electron chi connectivity index (χ0n) is 17.1. The topological polar surface area (TPSA) is 95.6 Å². The van der Waals surface area contributed by atoms with Crippen LogP contribution >= 0.6 is 11.8 Å². The third-order valence-corrected chi connectivity index (χ3v) is 6.13. The van der Waals surface area contributed by atoms with Gasteiger partial charge in [-0.25, -0.2) is 0 Å². The number of imide groups is 1. The van der Waals surface area contributed by atoms with E-state index in [0.717, 1.165) is 5.56 Å². The molecule has 1 saturated heterocycles. The van der Waals surface area contributed by atoms with Crippen molar-refractivity contribution < 1.29 is 32.3 Å². The molecule has 33 heavy (non-hydrogen) atoms. The van der Waals surface area contributed by atoms with E-state index < -0.39 is 23.4 Å². The molecule has 172 valence electrons. The Hall–Kier alpha value is -3.34. The minimum Gasteiger partial charge on any atom is -0.348 e. The van der Waals surface area contributed by atoms with Gasteiger partial charge in [-0.3, -0.25) is 24.5 Å². The molecule has 0 aromatic heterocycles. The highest BCUT2D eigenvalue weighted by atomic mass is 32.2. The maximum atomic E-state index is 12.7. The van der Waals surface area contributed by atoms with Crippen LogP contribution in [-0.4, -0.2) is 40.1 Å². The lowest BCUT2D eigenvalue weighted by atomic mass is 10.0. The molecule has 2 aliphatic rings. The van der Waals surface area contributed by atoms with Crippen LogP contribution in [0.2, 0.25) is 0 Å². The third-order valence-electron chi connectivity index (χ3n) is 5.39. The fourth-order valence-corrected chi connectivity index (χ4v) is 4.37. The number of amides is 4. The van der Waals surface area contributed by atoms with Crippen molar-refractivity contribution >= 4 is 35.4 Å². The van der Waals surface area contributed by atoms with E-state index in [1.165, 1.54) is 29.2 Å². The van der Waals surface area contributed by atoms with Crippen LogP contribution in [0.25, 0.3) is 0 Å². The number of hydrogen-bond acceptors (Lipinski definition) is 5. The van der Waals surface area contributed by atoms with Gasteiger partial charge in [0.2, 0.25) is 11.8 Å². The van der Waals surface area contributed by atoms with Crippen LogP contribution in [0.3, 0.4) is 0 Å². The molecule has 7 nitrogen and oxygen atoms in total. The van der Waals surface area contributed by atoms with Gasteiger partial charge in [0.25, 0.3) is 11.8 Å². The van der Waals surface area contributed by atoms with E-state index in [0.29, 0.717) is 11.1 Å². The number of halogens is 3. The third kappa shape index (κ3) is 5.19. The number of fused-ring (bicyclic) bond motifs is 1. The second kappa shape index (κ2) is 8.89. The summed E-state index contributed by atoms with van der Waals surface area (Å²) in [7, 11) is 0. The Morgan fingerprint density at radius 2 is 1.85 bits per heavy atom. The van der Waals surface area contributed by atoms with Gasteiger partial charge in [0.15, 0.2) is 0 Å². The summed E-state index contributed by atoms with van der Waals surface area (Å²) in [6.45, 7) is 0.373. The molecular weight excluding hydrogens is 459 g/mol. The van der Waals surface area contributed by atoms with Gasteiger partial charge in [-0.05, 0) is 59.6 Å². The highest BCUT2D eigenvalue weighted by Gasteiger charge is 2.39. The van der Waals surface area contributed by atoms with Crippen molar-refractivity contribution in [1.29, 1.82) is 0 Å². The molecule has 2 aliphatic heterocycles. The number of nitrogens with zero attached hydrogens (tertiary/aromatic N) is 1. The lowest BCUT2D eigenvalue weighted by Crippen LogP contribution is -2.52. The predicted octanol–water partition coefficient (Wildman–Crippen LogP) is 2.99. The van der Waals surface area contributed by atoms with Crippen molar-refractivity contribution in [1.82, 2.24) is 15.5 Å². The molecule has 1 atom stereocenters. The number of carbonyl (C=O) groups is 4. The number of rotatable bonds is 5. The maximum absolute atomic E-state index is 12.7. The maximum Gasteiger partial charge on any atom is 0.446 e. The van der Waals surface area contributed by atoms with Gasteiger partial charge in [0.05, 0.1) is 0 Å². The van der Waals surface area contributed by atoms with Crippen LogP contribution in [0.15, 0.2) is 47.4 Å². The molecule has 11 heteroatoms. The highest BCUT2D eigenvalue weighted by molar-refractivity contribution is 8.00. The first-order valence-electron chi connectivity index (χ1n) is 10.0. The number of alkyl halides is 3. The lowest BCUT2D eigenvalue weighted by Gasteiger charge is -2.29. The van der Waals surface area contributed by atoms with Gasteiger partial charge >= 0.3 is 5.51 Å². The zero-order valence-corrected chi connectivity index (χ0v) is 17.9. The van der Waals surface area contributed by atoms with Crippen LogP contribution in [-0.2, 0) is 22.7 Å². The second-order valence-electron chi connectivity index (χ2n) is 7.65. The summed E-state index contributed by atoms with van der Waals surface area (Å²) in [5, 5.41) is 4.96. The smallest absolute Gasteiger partial charge is 0.348 e. The van der Waals surface area contributed by atoms with Gasteiger partial charge in [-0.15, -0.1) is 0 Å². The van der Waals surface area contributed by atoms with Crippen molar-refractivity contribution in [3.05, 3.63) is 64.7 Å². The number of benzene rings is 2. The lowest BCUT2D eigenvalue weighted by molar-refractivity contribution is -0.136. The molecule has 4 rings (SSSR count). The van der Waals surface area contributed by atoms with E-state index in [1.807, 2.05) is 0 Å². The monoisotopic (exact) mass is 477 g/mol. The summed E-state index contributed by atoms with van der Waals surface area (Å²) in [4.78, 5) is 50.0. The zero-order chi connectivity index (χ0) is 23.8. The molecule has 2 aromatic carbocycles. The Morgan fingerprint density at radius 3 is 2.52 bits per heavy atom. The normalized spacial score (nSPS) is 18.2. The number of thioether (sulfide) groups is 1. The minimum atomic E-state index is -4.40. The molecule has 0 radical (unpaired) electrons. The molecule has 0 bridgehead atoms. The van der Waals surface area contributed by atoms with E-state index in [-0.39, 0.29) is 60.0 Å². The Balaban J connectivity index is 1.38.